The van der Waals surface area contributed by atoms with E-state index in [2.05, 4.69) is 243 Å². The van der Waals surface area contributed by atoms with Gasteiger partial charge in [0.2, 0.25) is 0 Å². The van der Waals surface area contributed by atoms with Gasteiger partial charge in [-0.1, -0.05) is 231 Å². The molecule has 318 valence electrons. The predicted octanol–water partition coefficient (Wildman–Crippen LogP) is 16.6. The average Bonchev–Trinajstić information content (AvgIpc) is 3.95. The van der Waals surface area contributed by atoms with E-state index in [1.165, 1.54) is 70.2 Å². The van der Waals surface area contributed by atoms with Crippen LogP contribution in [0.3, 0.4) is 0 Å². The Bertz CT molecular complexity index is 3780. The molecule has 0 atom stereocenters. The minimum Gasteiger partial charge on any atom is -0.208 e. The SMILES string of the molecule is c1ccc(-c2ccc(-c3nc(-c4ccc(-c5cccc(-c6cccc7c6sc6ccccc67)c5)cc4)nc(-c4ccc5c(c4)C(c4ccccc4)(c4ccccc4)c4ccccc4-5)n3)cc2)cc1. The number of nitrogens with zero attached hydrogens (tertiary/aromatic N) is 3. The molecule has 10 aromatic carbocycles. The van der Waals surface area contributed by atoms with Gasteiger partial charge in [-0.15, -0.1) is 11.3 Å². The zero-order chi connectivity index (χ0) is 45.0. The highest BCUT2D eigenvalue weighted by Crippen LogP contribution is 2.56. The quantitative estimate of drug-likeness (QED) is 0.153. The van der Waals surface area contributed by atoms with Crippen LogP contribution in [0.2, 0.25) is 0 Å². The summed E-state index contributed by atoms with van der Waals surface area (Å²) >= 11 is 1.86. The van der Waals surface area contributed by atoms with Crippen molar-refractivity contribution in [1.82, 2.24) is 15.0 Å². The van der Waals surface area contributed by atoms with Gasteiger partial charge in [0, 0.05) is 36.9 Å². The second-order valence-corrected chi connectivity index (χ2v) is 18.5. The number of rotatable bonds is 8. The maximum atomic E-state index is 5.31. The van der Waals surface area contributed by atoms with Gasteiger partial charge in [-0.3, -0.25) is 0 Å². The molecule has 1 aliphatic carbocycles. The first kappa shape index (κ1) is 39.8. The van der Waals surface area contributed by atoms with E-state index >= 15 is 0 Å². The van der Waals surface area contributed by atoms with Crippen molar-refractivity contribution in [3.8, 4) is 78.7 Å². The van der Waals surface area contributed by atoms with Crippen LogP contribution in [0.1, 0.15) is 22.3 Å². The minimum atomic E-state index is -0.548. The van der Waals surface area contributed by atoms with Gasteiger partial charge in [0.05, 0.1) is 5.41 Å². The molecule has 0 aliphatic heterocycles. The largest absolute Gasteiger partial charge is 0.208 e. The first-order valence-electron chi connectivity index (χ1n) is 23.1. The van der Waals surface area contributed by atoms with E-state index < -0.39 is 5.41 Å². The summed E-state index contributed by atoms with van der Waals surface area (Å²) in [6.45, 7) is 0. The summed E-state index contributed by atoms with van der Waals surface area (Å²) in [6, 6.07) is 89.3. The van der Waals surface area contributed by atoms with E-state index in [9.17, 15) is 0 Å². The van der Waals surface area contributed by atoms with Crippen molar-refractivity contribution in [2.45, 2.75) is 5.41 Å². The Morgan fingerprint density at radius 1 is 0.279 bits per heavy atom. The molecule has 0 fully saturated rings. The fourth-order valence-electron chi connectivity index (χ4n) is 10.4. The third kappa shape index (κ3) is 6.60. The first-order chi connectivity index (χ1) is 33.7. The Labute approximate surface area is 399 Å². The molecule has 2 heterocycles. The summed E-state index contributed by atoms with van der Waals surface area (Å²) in [7, 11) is 0. The summed E-state index contributed by atoms with van der Waals surface area (Å²) < 4.78 is 2.63. The molecule has 0 unspecified atom stereocenters. The van der Waals surface area contributed by atoms with Crippen LogP contribution >= 0.6 is 11.3 Å². The minimum absolute atomic E-state index is 0.548. The van der Waals surface area contributed by atoms with Crippen LogP contribution in [0.4, 0.5) is 0 Å². The molecule has 0 saturated heterocycles. The lowest BCUT2D eigenvalue weighted by atomic mass is 9.67. The number of fused-ring (bicyclic) bond motifs is 6. The van der Waals surface area contributed by atoms with Gasteiger partial charge < -0.3 is 0 Å². The van der Waals surface area contributed by atoms with Crippen molar-refractivity contribution in [3.63, 3.8) is 0 Å². The number of benzene rings is 10. The molecule has 0 bridgehead atoms. The van der Waals surface area contributed by atoms with Gasteiger partial charge in [-0.05, 0) is 85.0 Å². The summed E-state index contributed by atoms with van der Waals surface area (Å²) in [6.07, 6.45) is 0. The molecule has 0 spiro atoms. The molecule has 0 radical (unpaired) electrons. The monoisotopic (exact) mass is 883 g/mol. The van der Waals surface area contributed by atoms with Crippen molar-refractivity contribution in [2.24, 2.45) is 0 Å². The van der Waals surface area contributed by atoms with E-state index in [1.807, 2.05) is 17.4 Å². The maximum absolute atomic E-state index is 5.31. The Morgan fingerprint density at radius 3 is 1.43 bits per heavy atom. The average molecular weight is 884 g/mol. The second kappa shape index (κ2) is 16.4. The molecule has 0 amide bonds. The Hall–Kier alpha value is -8.57. The number of aromatic nitrogens is 3. The fraction of sp³-hybridized carbons (Fsp3) is 0.0156. The van der Waals surface area contributed by atoms with Gasteiger partial charge in [0.1, 0.15) is 0 Å². The molecule has 12 aromatic rings. The smallest absolute Gasteiger partial charge is 0.164 e. The van der Waals surface area contributed by atoms with E-state index in [-0.39, 0.29) is 0 Å². The number of hydrogen-bond donors (Lipinski definition) is 0. The van der Waals surface area contributed by atoms with Crippen molar-refractivity contribution in [1.29, 1.82) is 0 Å². The number of thiophene rings is 1. The van der Waals surface area contributed by atoms with Crippen molar-refractivity contribution < 1.29 is 0 Å². The summed E-state index contributed by atoms with van der Waals surface area (Å²) in [5.74, 6) is 1.87. The first-order valence-corrected chi connectivity index (χ1v) is 23.9. The van der Waals surface area contributed by atoms with Gasteiger partial charge >= 0.3 is 0 Å². The maximum Gasteiger partial charge on any atom is 0.164 e. The van der Waals surface area contributed by atoms with Gasteiger partial charge in [0.15, 0.2) is 17.5 Å². The van der Waals surface area contributed by atoms with E-state index in [1.54, 1.807) is 0 Å². The highest BCUT2D eigenvalue weighted by molar-refractivity contribution is 7.26. The Kier molecular flexibility index (Phi) is 9.59. The third-order valence-corrected chi connectivity index (χ3v) is 14.9. The molecule has 13 rings (SSSR count). The van der Waals surface area contributed by atoms with Crippen LogP contribution in [0, 0.1) is 0 Å². The van der Waals surface area contributed by atoms with Crippen LogP contribution in [-0.4, -0.2) is 15.0 Å². The lowest BCUT2D eigenvalue weighted by Crippen LogP contribution is -2.28. The van der Waals surface area contributed by atoms with Crippen LogP contribution in [-0.2, 0) is 5.41 Å². The number of hydrogen-bond acceptors (Lipinski definition) is 4. The highest BCUT2D eigenvalue weighted by atomic mass is 32.1. The summed E-state index contributed by atoms with van der Waals surface area (Å²) in [4.78, 5) is 15.8. The van der Waals surface area contributed by atoms with Crippen molar-refractivity contribution in [3.05, 3.63) is 271 Å². The normalized spacial score (nSPS) is 12.5. The fourth-order valence-corrected chi connectivity index (χ4v) is 11.7. The van der Waals surface area contributed by atoms with E-state index in [4.69, 9.17) is 15.0 Å². The van der Waals surface area contributed by atoms with Gasteiger partial charge in [-0.25, -0.2) is 15.0 Å². The molecule has 1 aliphatic rings. The third-order valence-electron chi connectivity index (χ3n) is 13.7. The van der Waals surface area contributed by atoms with E-state index in [0.29, 0.717) is 17.5 Å². The molecular weight excluding hydrogens is 843 g/mol. The Morgan fingerprint density at radius 2 is 0.735 bits per heavy atom. The Balaban J connectivity index is 0.933. The van der Waals surface area contributed by atoms with Crippen LogP contribution in [0.15, 0.2) is 249 Å². The summed E-state index contributed by atoms with van der Waals surface area (Å²) in [5.41, 5.74) is 16.6. The molecule has 2 aromatic heterocycles. The van der Waals surface area contributed by atoms with Crippen LogP contribution in [0.5, 0.6) is 0 Å². The van der Waals surface area contributed by atoms with Crippen LogP contribution < -0.4 is 0 Å². The predicted molar refractivity (Wildman–Crippen MR) is 283 cm³/mol. The zero-order valence-corrected chi connectivity index (χ0v) is 37.7. The van der Waals surface area contributed by atoms with Crippen molar-refractivity contribution in [2.75, 3.05) is 0 Å². The molecular formula is C64H41N3S. The van der Waals surface area contributed by atoms with Crippen LogP contribution in [0.25, 0.3) is 98.8 Å². The van der Waals surface area contributed by atoms with Gasteiger partial charge in [-0.2, -0.15) is 0 Å². The molecule has 0 N–H and O–H groups in total. The topological polar surface area (TPSA) is 38.7 Å². The lowest BCUT2D eigenvalue weighted by Gasteiger charge is -2.34. The molecule has 0 saturated carbocycles. The highest BCUT2D eigenvalue weighted by Gasteiger charge is 2.46. The standard InChI is InChI=1S/C64H41N3S/c1-4-16-42(17-5-1)43-30-34-45(35-31-43)61-65-62(46-36-32-44(33-37-46)47-18-14-19-48(40-47)52-26-15-27-56-55-25-11-13-29-59(55)68-60(52)56)67-63(66-61)49-38-39-54-53-24-10-12-28-57(53)64(58(54)41-49,50-20-6-2-7-21-50)51-22-8-3-9-23-51/h1-41H. The lowest BCUT2D eigenvalue weighted by molar-refractivity contribution is 0.768. The summed E-state index contributed by atoms with van der Waals surface area (Å²) in [5, 5.41) is 2.61. The molecule has 3 nitrogen and oxygen atoms in total. The van der Waals surface area contributed by atoms with E-state index in [0.717, 1.165) is 33.4 Å². The molecule has 4 heteroatoms. The van der Waals surface area contributed by atoms with Crippen molar-refractivity contribution >= 4 is 31.5 Å². The molecule has 68 heavy (non-hydrogen) atoms. The second-order valence-electron chi connectivity index (χ2n) is 17.5. The van der Waals surface area contributed by atoms with Gasteiger partial charge in [0.25, 0.3) is 0 Å². The zero-order valence-electron chi connectivity index (χ0n) is 36.9.